The van der Waals surface area contributed by atoms with Crippen LogP contribution in [0.2, 0.25) is 0 Å². The van der Waals surface area contributed by atoms with Gasteiger partial charge in [0, 0.05) is 6.04 Å². The molecule has 0 aromatic heterocycles. The summed E-state index contributed by atoms with van der Waals surface area (Å²) < 4.78 is 4.61. The van der Waals surface area contributed by atoms with E-state index in [1.807, 2.05) is 0 Å². The fourth-order valence-electron chi connectivity index (χ4n) is 1.63. The Balaban J connectivity index is 2.94. The first-order valence-corrected chi connectivity index (χ1v) is 5.33. The molecule has 1 aromatic carbocycles. The highest BCUT2D eigenvalue weighted by molar-refractivity contribution is 5.91. The van der Waals surface area contributed by atoms with E-state index in [2.05, 4.69) is 10.1 Å². The van der Waals surface area contributed by atoms with Gasteiger partial charge in [0.2, 0.25) is 0 Å². The molecule has 18 heavy (non-hydrogen) atoms. The van der Waals surface area contributed by atoms with E-state index >= 15 is 0 Å². The lowest BCUT2D eigenvalue weighted by Crippen LogP contribution is -2.33. The molecule has 0 spiro atoms. The van der Waals surface area contributed by atoms with E-state index in [1.54, 1.807) is 13.0 Å². The van der Waals surface area contributed by atoms with E-state index in [4.69, 9.17) is 5.11 Å². The maximum atomic E-state index is 11.5. The molecule has 0 aliphatic rings. The SMILES string of the molecule is COC(=O)c1cc(O)ccc1C[C@H](C)NC(=O)O. The second kappa shape index (κ2) is 5.90. The van der Waals surface area contributed by atoms with Crippen molar-refractivity contribution in [2.24, 2.45) is 0 Å². The molecule has 0 bridgehead atoms. The maximum absolute atomic E-state index is 11.5. The molecule has 1 atom stereocenters. The van der Waals surface area contributed by atoms with Crippen LogP contribution in [0.15, 0.2) is 18.2 Å². The fraction of sp³-hybridized carbons (Fsp3) is 0.333. The first kappa shape index (κ1) is 13.8. The third-order valence-electron chi connectivity index (χ3n) is 2.39. The van der Waals surface area contributed by atoms with Gasteiger partial charge >= 0.3 is 12.1 Å². The lowest BCUT2D eigenvalue weighted by atomic mass is 10.0. The summed E-state index contributed by atoms with van der Waals surface area (Å²) in [7, 11) is 1.25. The molecule has 0 heterocycles. The van der Waals surface area contributed by atoms with Crippen LogP contribution in [0.4, 0.5) is 4.79 Å². The Morgan fingerprint density at radius 2 is 2.11 bits per heavy atom. The molecule has 6 heteroatoms. The Morgan fingerprint density at radius 1 is 1.44 bits per heavy atom. The van der Waals surface area contributed by atoms with Gasteiger partial charge < -0.3 is 20.3 Å². The molecule has 6 nitrogen and oxygen atoms in total. The highest BCUT2D eigenvalue weighted by atomic mass is 16.5. The topological polar surface area (TPSA) is 95.9 Å². The molecular weight excluding hydrogens is 238 g/mol. The van der Waals surface area contributed by atoms with Crippen molar-refractivity contribution < 1.29 is 24.5 Å². The first-order valence-electron chi connectivity index (χ1n) is 5.33. The Morgan fingerprint density at radius 3 is 2.67 bits per heavy atom. The molecule has 1 rings (SSSR count). The minimum absolute atomic E-state index is 0.0435. The number of aromatic hydroxyl groups is 1. The van der Waals surface area contributed by atoms with E-state index in [1.165, 1.54) is 19.2 Å². The van der Waals surface area contributed by atoms with Gasteiger partial charge in [-0.15, -0.1) is 0 Å². The second-order valence-corrected chi connectivity index (χ2v) is 3.89. The van der Waals surface area contributed by atoms with Crippen molar-refractivity contribution in [3.05, 3.63) is 29.3 Å². The van der Waals surface area contributed by atoms with E-state index in [0.29, 0.717) is 12.0 Å². The van der Waals surface area contributed by atoms with Gasteiger partial charge in [-0.05, 0) is 31.0 Å². The number of rotatable bonds is 4. The predicted octanol–water partition coefficient (Wildman–Crippen LogP) is 1.38. The van der Waals surface area contributed by atoms with Gasteiger partial charge in [-0.1, -0.05) is 6.07 Å². The zero-order valence-corrected chi connectivity index (χ0v) is 10.1. The average Bonchev–Trinajstić information content (AvgIpc) is 2.29. The molecule has 0 radical (unpaired) electrons. The minimum Gasteiger partial charge on any atom is -0.508 e. The molecule has 3 N–H and O–H groups in total. The number of nitrogens with one attached hydrogen (secondary N) is 1. The van der Waals surface area contributed by atoms with Crippen LogP contribution < -0.4 is 5.32 Å². The number of esters is 1. The number of amides is 1. The molecule has 0 saturated heterocycles. The van der Waals surface area contributed by atoms with E-state index in [0.717, 1.165) is 0 Å². The van der Waals surface area contributed by atoms with Crippen LogP contribution in [0.25, 0.3) is 0 Å². The van der Waals surface area contributed by atoms with Crippen LogP contribution in [0.1, 0.15) is 22.8 Å². The van der Waals surface area contributed by atoms with Crippen LogP contribution in [0.3, 0.4) is 0 Å². The van der Waals surface area contributed by atoms with Gasteiger partial charge in [0.25, 0.3) is 0 Å². The van der Waals surface area contributed by atoms with Gasteiger partial charge in [0.05, 0.1) is 12.7 Å². The third-order valence-corrected chi connectivity index (χ3v) is 2.39. The Kier molecular flexibility index (Phi) is 4.53. The largest absolute Gasteiger partial charge is 0.508 e. The summed E-state index contributed by atoms with van der Waals surface area (Å²) >= 11 is 0. The van der Waals surface area contributed by atoms with E-state index in [9.17, 15) is 14.7 Å². The summed E-state index contributed by atoms with van der Waals surface area (Å²) in [5, 5.41) is 20.2. The molecule has 0 aliphatic carbocycles. The lowest BCUT2D eigenvalue weighted by Gasteiger charge is -2.14. The number of ether oxygens (including phenoxy) is 1. The normalized spacial score (nSPS) is 11.7. The first-order chi connectivity index (χ1) is 8.43. The van der Waals surface area contributed by atoms with Gasteiger partial charge in [-0.25, -0.2) is 9.59 Å². The molecular formula is C12H15NO5. The lowest BCUT2D eigenvalue weighted by molar-refractivity contribution is 0.0599. The number of carboxylic acid groups (broad SMARTS) is 1. The number of carbonyl (C=O) groups is 2. The van der Waals surface area contributed by atoms with Crippen LogP contribution in [-0.4, -0.2) is 35.4 Å². The average molecular weight is 253 g/mol. The molecule has 1 aromatic rings. The van der Waals surface area contributed by atoms with E-state index < -0.39 is 12.1 Å². The quantitative estimate of drug-likeness (QED) is 0.704. The summed E-state index contributed by atoms with van der Waals surface area (Å²) in [5.41, 5.74) is 0.845. The number of phenols is 1. The summed E-state index contributed by atoms with van der Waals surface area (Å²) in [5.74, 6) is -0.610. The van der Waals surface area contributed by atoms with Crippen molar-refractivity contribution in [3.8, 4) is 5.75 Å². The minimum atomic E-state index is -1.12. The van der Waals surface area contributed by atoms with Crippen LogP contribution in [-0.2, 0) is 11.2 Å². The Hall–Kier alpha value is -2.24. The van der Waals surface area contributed by atoms with Crippen molar-refractivity contribution in [2.45, 2.75) is 19.4 Å². The smallest absolute Gasteiger partial charge is 0.404 e. The maximum Gasteiger partial charge on any atom is 0.404 e. The second-order valence-electron chi connectivity index (χ2n) is 3.89. The van der Waals surface area contributed by atoms with Gasteiger partial charge in [-0.3, -0.25) is 0 Å². The van der Waals surface area contributed by atoms with E-state index in [-0.39, 0.29) is 17.4 Å². The van der Waals surface area contributed by atoms with Crippen molar-refractivity contribution in [1.82, 2.24) is 5.32 Å². The van der Waals surface area contributed by atoms with Crippen molar-refractivity contribution in [3.63, 3.8) is 0 Å². The standard InChI is InChI=1S/C12H15NO5/c1-7(13-12(16)17)5-8-3-4-9(14)6-10(8)11(15)18-2/h3-4,6-7,13-14H,5H2,1-2H3,(H,16,17)/t7-/m0/s1. The number of hydrogen-bond acceptors (Lipinski definition) is 4. The summed E-state index contributed by atoms with van der Waals surface area (Å²) in [4.78, 5) is 22.0. The van der Waals surface area contributed by atoms with Crippen molar-refractivity contribution in [1.29, 1.82) is 0 Å². The molecule has 0 unspecified atom stereocenters. The predicted molar refractivity (Wildman–Crippen MR) is 63.8 cm³/mol. The number of carbonyl (C=O) groups excluding carboxylic acids is 1. The summed E-state index contributed by atoms with van der Waals surface area (Å²) in [6.07, 6.45) is -0.794. The monoisotopic (exact) mass is 253 g/mol. The number of hydrogen-bond donors (Lipinski definition) is 3. The zero-order chi connectivity index (χ0) is 13.7. The third kappa shape index (κ3) is 3.65. The van der Waals surface area contributed by atoms with Crippen LogP contribution in [0.5, 0.6) is 5.75 Å². The Labute approximate surface area is 104 Å². The fourth-order valence-corrected chi connectivity index (χ4v) is 1.63. The van der Waals surface area contributed by atoms with Crippen molar-refractivity contribution in [2.75, 3.05) is 7.11 Å². The van der Waals surface area contributed by atoms with Gasteiger partial charge in [0.1, 0.15) is 5.75 Å². The number of methoxy groups -OCH3 is 1. The highest BCUT2D eigenvalue weighted by Gasteiger charge is 2.15. The number of benzene rings is 1. The van der Waals surface area contributed by atoms with Gasteiger partial charge in [0.15, 0.2) is 0 Å². The number of phenolic OH excluding ortho intramolecular Hbond substituents is 1. The van der Waals surface area contributed by atoms with Crippen LogP contribution in [0, 0.1) is 0 Å². The molecule has 0 aliphatic heterocycles. The van der Waals surface area contributed by atoms with Crippen LogP contribution >= 0.6 is 0 Å². The molecule has 1 amide bonds. The highest BCUT2D eigenvalue weighted by Crippen LogP contribution is 2.19. The molecule has 0 saturated carbocycles. The summed E-state index contributed by atoms with van der Waals surface area (Å²) in [6.45, 7) is 1.68. The van der Waals surface area contributed by atoms with Crippen molar-refractivity contribution >= 4 is 12.1 Å². The summed E-state index contributed by atoms with van der Waals surface area (Å²) in [6, 6.07) is 3.96. The van der Waals surface area contributed by atoms with Gasteiger partial charge in [-0.2, -0.15) is 0 Å². The Bertz CT molecular complexity index is 458. The molecule has 98 valence electrons. The molecule has 0 fully saturated rings. The zero-order valence-electron chi connectivity index (χ0n) is 10.1.